The maximum Gasteiger partial charge on any atom is 0.326 e. The van der Waals surface area contributed by atoms with Crippen molar-refractivity contribution in [2.45, 2.75) is 31.4 Å². The Morgan fingerprint density at radius 1 is 1.45 bits per heavy atom. The van der Waals surface area contributed by atoms with E-state index in [9.17, 15) is 14.0 Å². The molecular weight excluding hydrogens is 265 g/mol. The van der Waals surface area contributed by atoms with E-state index in [0.717, 1.165) is 6.42 Å². The maximum atomic E-state index is 13.5. The standard InChI is InChI=1S/C14H16FNO4/c15-10-5-2-1-4-9(10)8-11(14(18)19)16-13(17)12-6-3-7-20-12/h1-2,4-5,11-12H,3,6-8H2,(H,16,17)(H,18,19)/t11-,12+/m0/s1. The summed E-state index contributed by atoms with van der Waals surface area (Å²) in [5, 5.41) is 11.5. The van der Waals surface area contributed by atoms with E-state index in [0.29, 0.717) is 13.0 Å². The number of carbonyl (C=O) groups excluding carboxylic acids is 1. The smallest absolute Gasteiger partial charge is 0.326 e. The third kappa shape index (κ3) is 3.54. The zero-order chi connectivity index (χ0) is 14.5. The van der Waals surface area contributed by atoms with E-state index in [4.69, 9.17) is 9.84 Å². The number of benzene rings is 1. The van der Waals surface area contributed by atoms with Gasteiger partial charge in [0.25, 0.3) is 0 Å². The van der Waals surface area contributed by atoms with Gasteiger partial charge in [-0.3, -0.25) is 4.79 Å². The van der Waals surface area contributed by atoms with Gasteiger partial charge in [0.2, 0.25) is 5.91 Å². The minimum absolute atomic E-state index is 0.0968. The molecule has 1 saturated heterocycles. The van der Waals surface area contributed by atoms with Crippen molar-refractivity contribution in [1.29, 1.82) is 0 Å². The van der Waals surface area contributed by atoms with Crippen LogP contribution >= 0.6 is 0 Å². The summed E-state index contributed by atoms with van der Waals surface area (Å²) in [6.07, 6.45) is 0.666. The molecule has 5 nitrogen and oxygen atoms in total. The quantitative estimate of drug-likeness (QED) is 0.848. The molecule has 1 aliphatic rings. The molecule has 1 fully saturated rings. The third-order valence-corrected chi connectivity index (χ3v) is 3.22. The van der Waals surface area contributed by atoms with Crippen LogP contribution in [0.4, 0.5) is 4.39 Å². The number of ether oxygens (including phenoxy) is 1. The number of rotatable bonds is 5. The van der Waals surface area contributed by atoms with Crippen molar-refractivity contribution in [1.82, 2.24) is 5.32 Å². The zero-order valence-electron chi connectivity index (χ0n) is 10.8. The lowest BCUT2D eigenvalue weighted by Crippen LogP contribution is -2.46. The number of nitrogens with one attached hydrogen (secondary N) is 1. The van der Waals surface area contributed by atoms with Crippen LogP contribution in [-0.2, 0) is 20.7 Å². The molecule has 6 heteroatoms. The SMILES string of the molecule is O=C(O)[C@H](Cc1ccccc1F)NC(=O)[C@H]1CCCO1. The molecule has 1 amide bonds. The van der Waals surface area contributed by atoms with Gasteiger partial charge in [0.1, 0.15) is 18.0 Å². The second-order valence-corrected chi connectivity index (χ2v) is 4.70. The van der Waals surface area contributed by atoms with Crippen molar-refractivity contribution < 1.29 is 23.8 Å². The van der Waals surface area contributed by atoms with Crippen LogP contribution in [0.2, 0.25) is 0 Å². The van der Waals surface area contributed by atoms with Gasteiger partial charge in [0, 0.05) is 13.0 Å². The summed E-state index contributed by atoms with van der Waals surface area (Å²) in [5.74, 6) is -2.13. The van der Waals surface area contributed by atoms with E-state index in [-0.39, 0.29) is 12.0 Å². The molecular formula is C14H16FNO4. The summed E-state index contributed by atoms with van der Waals surface area (Å²) >= 11 is 0. The summed E-state index contributed by atoms with van der Waals surface area (Å²) in [4.78, 5) is 23.0. The average Bonchev–Trinajstić information content (AvgIpc) is 2.94. The Morgan fingerprint density at radius 3 is 2.80 bits per heavy atom. The largest absolute Gasteiger partial charge is 0.480 e. The summed E-state index contributed by atoms with van der Waals surface area (Å²) in [6, 6.07) is 4.75. The lowest BCUT2D eigenvalue weighted by Gasteiger charge is -2.17. The number of halogens is 1. The molecule has 0 bridgehead atoms. The highest BCUT2D eigenvalue weighted by Crippen LogP contribution is 2.13. The number of amides is 1. The lowest BCUT2D eigenvalue weighted by molar-refractivity contribution is -0.143. The Bertz CT molecular complexity index is 500. The summed E-state index contributed by atoms with van der Waals surface area (Å²) in [6.45, 7) is 0.503. The minimum atomic E-state index is -1.19. The van der Waals surface area contributed by atoms with Gasteiger partial charge >= 0.3 is 5.97 Å². The first-order valence-corrected chi connectivity index (χ1v) is 6.46. The van der Waals surface area contributed by atoms with E-state index >= 15 is 0 Å². The zero-order valence-corrected chi connectivity index (χ0v) is 10.8. The normalized spacial score (nSPS) is 19.6. The summed E-state index contributed by atoms with van der Waals surface area (Å²) < 4.78 is 18.7. The molecule has 1 aliphatic heterocycles. The fourth-order valence-corrected chi connectivity index (χ4v) is 2.13. The molecule has 1 aromatic carbocycles. The summed E-state index contributed by atoms with van der Waals surface area (Å²) in [5.41, 5.74) is 0.257. The first kappa shape index (κ1) is 14.5. The van der Waals surface area contributed by atoms with Gasteiger partial charge in [-0.25, -0.2) is 9.18 Å². The predicted molar refractivity (Wildman–Crippen MR) is 68.6 cm³/mol. The van der Waals surface area contributed by atoms with Crippen LogP contribution in [0.3, 0.4) is 0 Å². The van der Waals surface area contributed by atoms with Gasteiger partial charge in [-0.05, 0) is 24.5 Å². The lowest BCUT2D eigenvalue weighted by atomic mass is 10.0. The van der Waals surface area contributed by atoms with Crippen LogP contribution in [-0.4, -0.2) is 35.7 Å². The molecule has 1 aromatic rings. The predicted octanol–water partition coefficient (Wildman–Crippen LogP) is 1.12. The number of carbonyl (C=O) groups is 2. The van der Waals surface area contributed by atoms with Crippen molar-refractivity contribution >= 4 is 11.9 Å². The van der Waals surface area contributed by atoms with E-state index in [1.54, 1.807) is 6.07 Å². The highest BCUT2D eigenvalue weighted by molar-refractivity contribution is 5.86. The molecule has 2 N–H and O–H groups in total. The molecule has 0 spiro atoms. The van der Waals surface area contributed by atoms with Crippen molar-refractivity contribution in [2.75, 3.05) is 6.61 Å². The topological polar surface area (TPSA) is 75.6 Å². The second-order valence-electron chi connectivity index (χ2n) is 4.70. The van der Waals surface area contributed by atoms with Crippen molar-refractivity contribution in [3.8, 4) is 0 Å². The van der Waals surface area contributed by atoms with E-state index in [2.05, 4.69) is 5.32 Å². The molecule has 0 aromatic heterocycles. The highest BCUT2D eigenvalue weighted by Gasteiger charge is 2.28. The first-order valence-electron chi connectivity index (χ1n) is 6.46. The van der Waals surface area contributed by atoms with Crippen LogP contribution in [0.25, 0.3) is 0 Å². The number of aliphatic carboxylic acids is 1. The van der Waals surface area contributed by atoms with Crippen LogP contribution in [0.15, 0.2) is 24.3 Å². The first-order chi connectivity index (χ1) is 9.58. The van der Waals surface area contributed by atoms with Gasteiger partial charge in [0.15, 0.2) is 0 Å². The minimum Gasteiger partial charge on any atom is -0.480 e. The molecule has 0 radical (unpaired) electrons. The van der Waals surface area contributed by atoms with E-state index in [1.165, 1.54) is 18.2 Å². The van der Waals surface area contributed by atoms with Crippen LogP contribution < -0.4 is 5.32 Å². The number of hydrogen-bond donors (Lipinski definition) is 2. The van der Waals surface area contributed by atoms with E-state index < -0.39 is 29.8 Å². The van der Waals surface area contributed by atoms with Crippen molar-refractivity contribution in [3.63, 3.8) is 0 Å². The Hall–Kier alpha value is -1.95. The molecule has 20 heavy (non-hydrogen) atoms. The maximum absolute atomic E-state index is 13.5. The van der Waals surface area contributed by atoms with Gasteiger partial charge in [-0.1, -0.05) is 18.2 Å². The van der Waals surface area contributed by atoms with Crippen LogP contribution in [0.1, 0.15) is 18.4 Å². The number of carboxylic acids is 1. The molecule has 108 valence electrons. The van der Waals surface area contributed by atoms with Gasteiger partial charge in [0.05, 0.1) is 0 Å². The molecule has 0 unspecified atom stereocenters. The third-order valence-electron chi connectivity index (χ3n) is 3.22. The Kier molecular flexibility index (Phi) is 4.68. The monoisotopic (exact) mass is 281 g/mol. The van der Waals surface area contributed by atoms with E-state index in [1.807, 2.05) is 0 Å². The molecule has 1 heterocycles. The van der Waals surface area contributed by atoms with Crippen molar-refractivity contribution in [3.05, 3.63) is 35.6 Å². The second kappa shape index (κ2) is 6.47. The Balaban J connectivity index is 2.02. The van der Waals surface area contributed by atoms with Gasteiger partial charge < -0.3 is 15.2 Å². The van der Waals surface area contributed by atoms with Gasteiger partial charge in [-0.15, -0.1) is 0 Å². The number of hydrogen-bond acceptors (Lipinski definition) is 3. The number of carboxylic acid groups (broad SMARTS) is 1. The van der Waals surface area contributed by atoms with Crippen LogP contribution in [0, 0.1) is 5.82 Å². The van der Waals surface area contributed by atoms with Gasteiger partial charge in [-0.2, -0.15) is 0 Å². The highest BCUT2D eigenvalue weighted by atomic mass is 19.1. The Morgan fingerprint density at radius 2 is 2.20 bits per heavy atom. The molecule has 2 rings (SSSR count). The molecule has 0 saturated carbocycles. The fourth-order valence-electron chi connectivity index (χ4n) is 2.13. The Labute approximate surface area is 115 Å². The average molecular weight is 281 g/mol. The fraction of sp³-hybridized carbons (Fsp3) is 0.429. The summed E-state index contributed by atoms with van der Waals surface area (Å²) in [7, 11) is 0. The van der Waals surface area contributed by atoms with Crippen molar-refractivity contribution in [2.24, 2.45) is 0 Å². The molecule has 2 atom stereocenters. The molecule has 0 aliphatic carbocycles. The van der Waals surface area contributed by atoms with Crippen LogP contribution in [0.5, 0.6) is 0 Å².